The summed E-state index contributed by atoms with van der Waals surface area (Å²) in [6.07, 6.45) is -0.0331. The molecule has 1 amide bonds. The van der Waals surface area contributed by atoms with E-state index in [0.29, 0.717) is 22.9 Å². The summed E-state index contributed by atoms with van der Waals surface area (Å²) in [5, 5.41) is 3.32. The summed E-state index contributed by atoms with van der Waals surface area (Å²) in [4.78, 5) is 12.4. The average Bonchev–Trinajstić information content (AvgIpc) is 2.54. The van der Waals surface area contributed by atoms with Gasteiger partial charge >= 0.3 is 0 Å². The molecule has 0 fully saturated rings. The molecule has 130 valence electrons. The van der Waals surface area contributed by atoms with Gasteiger partial charge in [-0.05, 0) is 37.6 Å². The monoisotopic (exact) mass is 368 g/mol. The maximum Gasteiger partial charge on any atom is 0.255 e. The van der Waals surface area contributed by atoms with Crippen LogP contribution in [0.2, 0.25) is 5.02 Å². The van der Waals surface area contributed by atoms with Crippen molar-refractivity contribution in [3.05, 3.63) is 64.7 Å². The second kappa shape index (κ2) is 9.52. The zero-order valence-corrected chi connectivity index (χ0v) is 15.2. The van der Waals surface area contributed by atoms with Gasteiger partial charge in [0.15, 0.2) is 0 Å². The summed E-state index contributed by atoms with van der Waals surface area (Å²) in [7, 11) is 0. The molecule has 2 aromatic carbocycles. The SMILES string of the molecule is CC(C)Oc1ccc(Cl)cc1C(=O)NCC(N)c1ccccc1.Cl. The zero-order chi connectivity index (χ0) is 16.8. The van der Waals surface area contributed by atoms with Crippen molar-refractivity contribution < 1.29 is 9.53 Å². The van der Waals surface area contributed by atoms with Gasteiger partial charge in [-0.1, -0.05) is 41.9 Å². The molecule has 0 bridgehead atoms. The molecule has 1 unspecified atom stereocenters. The number of carbonyl (C=O) groups is 1. The van der Waals surface area contributed by atoms with Gasteiger partial charge in [-0.15, -0.1) is 12.4 Å². The third-order valence-corrected chi connectivity index (χ3v) is 3.49. The van der Waals surface area contributed by atoms with Gasteiger partial charge in [-0.25, -0.2) is 0 Å². The number of ether oxygens (including phenoxy) is 1. The molecule has 6 heteroatoms. The van der Waals surface area contributed by atoms with E-state index in [4.69, 9.17) is 22.1 Å². The number of rotatable bonds is 6. The van der Waals surface area contributed by atoms with Gasteiger partial charge < -0.3 is 15.8 Å². The summed E-state index contributed by atoms with van der Waals surface area (Å²) in [5.74, 6) is 0.254. The summed E-state index contributed by atoms with van der Waals surface area (Å²) < 4.78 is 5.66. The number of hydrogen-bond acceptors (Lipinski definition) is 3. The van der Waals surface area contributed by atoms with Crippen molar-refractivity contribution in [2.45, 2.75) is 26.0 Å². The molecule has 1 atom stereocenters. The minimum absolute atomic E-state index is 0. The van der Waals surface area contributed by atoms with E-state index in [1.807, 2.05) is 44.2 Å². The summed E-state index contributed by atoms with van der Waals surface area (Å²) >= 11 is 6.00. The summed E-state index contributed by atoms with van der Waals surface area (Å²) in [6, 6.07) is 14.4. The molecule has 4 nitrogen and oxygen atoms in total. The lowest BCUT2D eigenvalue weighted by Crippen LogP contribution is -2.32. The molecule has 2 aromatic rings. The maximum absolute atomic E-state index is 12.4. The Hall–Kier alpha value is -1.75. The summed E-state index contributed by atoms with van der Waals surface area (Å²) in [5.41, 5.74) is 7.48. The first kappa shape index (κ1) is 20.3. The molecule has 24 heavy (non-hydrogen) atoms. The fourth-order valence-corrected chi connectivity index (χ4v) is 2.32. The number of benzene rings is 2. The summed E-state index contributed by atoms with van der Waals surface area (Å²) in [6.45, 7) is 4.14. The van der Waals surface area contributed by atoms with Crippen molar-refractivity contribution in [2.75, 3.05) is 6.54 Å². The Balaban J connectivity index is 0.00000288. The molecule has 0 aromatic heterocycles. The van der Waals surface area contributed by atoms with Gasteiger partial charge in [0.1, 0.15) is 5.75 Å². The molecular formula is C18H22Cl2N2O2. The lowest BCUT2D eigenvalue weighted by molar-refractivity contribution is 0.0945. The van der Waals surface area contributed by atoms with E-state index in [9.17, 15) is 4.79 Å². The highest BCUT2D eigenvalue weighted by atomic mass is 35.5. The van der Waals surface area contributed by atoms with E-state index in [1.54, 1.807) is 18.2 Å². The highest BCUT2D eigenvalue weighted by molar-refractivity contribution is 6.31. The van der Waals surface area contributed by atoms with Crippen LogP contribution in [0.4, 0.5) is 0 Å². The molecule has 0 aliphatic carbocycles. The number of nitrogens with two attached hydrogens (primary N) is 1. The van der Waals surface area contributed by atoms with Crippen LogP contribution < -0.4 is 15.8 Å². The van der Waals surface area contributed by atoms with Gasteiger partial charge in [0.2, 0.25) is 0 Å². The number of amides is 1. The molecule has 0 saturated heterocycles. The van der Waals surface area contributed by atoms with Crippen molar-refractivity contribution in [2.24, 2.45) is 5.73 Å². The Kier molecular flexibility index (Phi) is 8.05. The zero-order valence-electron chi connectivity index (χ0n) is 13.7. The van der Waals surface area contributed by atoms with Crippen molar-refractivity contribution in [3.8, 4) is 5.75 Å². The predicted octanol–water partition coefficient (Wildman–Crippen LogP) is 3.98. The normalized spacial score (nSPS) is 11.5. The maximum atomic E-state index is 12.4. The third kappa shape index (κ3) is 5.71. The van der Waals surface area contributed by atoms with E-state index in [2.05, 4.69) is 5.32 Å². The first-order valence-corrected chi connectivity index (χ1v) is 7.90. The minimum Gasteiger partial charge on any atom is -0.490 e. The Morgan fingerprint density at radius 2 is 1.88 bits per heavy atom. The molecule has 0 radical (unpaired) electrons. The van der Waals surface area contributed by atoms with E-state index >= 15 is 0 Å². The van der Waals surface area contributed by atoms with Gasteiger partial charge in [0, 0.05) is 17.6 Å². The van der Waals surface area contributed by atoms with Crippen LogP contribution in [0.3, 0.4) is 0 Å². The van der Waals surface area contributed by atoms with Crippen molar-refractivity contribution in [1.82, 2.24) is 5.32 Å². The van der Waals surface area contributed by atoms with E-state index in [1.165, 1.54) is 0 Å². The largest absolute Gasteiger partial charge is 0.490 e. The van der Waals surface area contributed by atoms with E-state index in [0.717, 1.165) is 5.56 Å². The number of halogens is 2. The van der Waals surface area contributed by atoms with Crippen LogP contribution in [0, 0.1) is 0 Å². The second-order valence-electron chi connectivity index (χ2n) is 5.53. The topological polar surface area (TPSA) is 64.3 Å². The van der Waals surface area contributed by atoms with Crippen molar-refractivity contribution >= 4 is 29.9 Å². The van der Waals surface area contributed by atoms with Crippen LogP contribution in [-0.4, -0.2) is 18.6 Å². The van der Waals surface area contributed by atoms with E-state index in [-0.39, 0.29) is 30.5 Å². The van der Waals surface area contributed by atoms with Crippen LogP contribution in [0.25, 0.3) is 0 Å². The van der Waals surface area contributed by atoms with Gasteiger partial charge in [-0.3, -0.25) is 4.79 Å². The number of hydrogen-bond donors (Lipinski definition) is 2. The second-order valence-corrected chi connectivity index (χ2v) is 5.97. The molecular weight excluding hydrogens is 347 g/mol. The molecule has 0 heterocycles. The standard InChI is InChI=1S/C18H21ClN2O2.ClH/c1-12(2)23-17-9-8-14(19)10-15(17)18(22)21-11-16(20)13-6-4-3-5-7-13;/h3-10,12,16H,11,20H2,1-2H3,(H,21,22);1H. The highest BCUT2D eigenvalue weighted by Gasteiger charge is 2.15. The van der Waals surface area contributed by atoms with Crippen LogP contribution in [-0.2, 0) is 0 Å². The van der Waals surface area contributed by atoms with Crippen LogP contribution in [0.15, 0.2) is 48.5 Å². The van der Waals surface area contributed by atoms with Gasteiger partial charge in [-0.2, -0.15) is 0 Å². The molecule has 0 aliphatic rings. The smallest absolute Gasteiger partial charge is 0.255 e. The van der Waals surface area contributed by atoms with E-state index < -0.39 is 0 Å². The lowest BCUT2D eigenvalue weighted by Gasteiger charge is -2.16. The molecule has 3 N–H and O–H groups in total. The van der Waals surface area contributed by atoms with Crippen LogP contribution in [0.5, 0.6) is 5.75 Å². The first-order chi connectivity index (χ1) is 11.0. The molecule has 0 saturated carbocycles. The average molecular weight is 369 g/mol. The third-order valence-electron chi connectivity index (χ3n) is 3.26. The molecule has 2 rings (SSSR count). The van der Waals surface area contributed by atoms with Crippen molar-refractivity contribution in [3.63, 3.8) is 0 Å². The fraction of sp³-hybridized carbons (Fsp3) is 0.278. The molecule has 0 spiro atoms. The minimum atomic E-state index is -0.270. The quantitative estimate of drug-likeness (QED) is 0.810. The Labute approximate surface area is 153 Å². The lowest BCUT2D eigenvalue weighted by atomic mass is 10.1. The van der Waals surface area contributed by atoms with Crippen LogP contribution in [0.1, 0.15) is 35.8 Å². The first-order valence-electron chi connectivity index (χ1n) is 7.52. The fourth-order valence-electron chi connectivity index (χ4n) is 2.15. The van der Waals surface area contributed by atoms with Crippen LogP contribution >= 0.6 is 24.0 Å². The highest BCUT2D eigenvalue weighted by Crippen LogP contribution is 2.24. The number of carbonyl (C=O) groups excluding carboxylic acids is 1. The Morgan fingerprint density at radius 3 is 2.50 bits per heavy atom. The van der Waals surface area contributed by atoms with Gasteiger partial charge in [0.05, 0.1) is 11.7 Å². The molecule has 0 aliphatic heterocycles. The van der Waals surface area contributed by atoms with Gasteiger partial charge in [0.25, 0.3) is 5.91 Å². The predicted molar refractivity (Wildman–Crippen MR) is 100 cm³/mol. The Morgan fingerprint density at radius 1 is 1.21 bits per heavy atom. The number of nitrogens with one attached hydrogen (secondary N) is 1. The van der Waals surface area contributed by atoms with Crippen molar-refractivity contribution in [1.29, 1.82) is 0 Å². The Bertz CT molecular complexity index is 663.